The molecule has 10 heavy (non-hydrogen) atoms. The van der Waals surface area contributed by atoms with E-state index < -0.39 is 19.3 Å². The zero-order valence-electron chi connectivity index (χ0n) is 4.89. The number of rotatable bonds is 2. The topological polar surface area (TPSA) is 15.6 Å². The Morgan fingerprint density at radius 2 is 2.30 bits per heavy atom. The van der Waals surface area contributed by atoms with Crippen molar-refractivity contribution in [3.05, 3.63) is 6.54 Å². The minimum Gasteiger partial charge on any atom is -0.284 e. The van der Waals surface area contributed by atoms with Gasteiger partial charge in [0.05, 0.1) is 0 Å². The number of alkyl halides is 3. The SMILES string of the molecule is FCC1[C]N(C(F)F)[C]=N1. The summed E-state index contributed by atoms with van der Waals surface area (Å²) >= 11 is 0. The largest absolute Gasteiger partial charge is 0.317 e. The number of hydrogen-bond donors (Lipinski definition) is 0. The highest BCUT2D eigenvalue weighted by Gasteiger charge is 2.25. The molecule has 3 radical (unpaired) electrons. The standard InChI is InChI=1S/C5H4F3N2/c6-1-4-2-10(3-9-4)5(7)8/h4-5H,1H2. The summed E-state index contributed by atoms with van der Waals surface area (Å²) in [6.07, 6.45) is 1.91. The van der Waals surface area contributed by atoms with E-state index in [9.17, 15) is 13.2 Å². The first kappa shape index (κ1) is 7.37. The van der Waals surface area contributed by atoms with Gasteiger partial charge in [-0.15, -0.1) is 0 Å². The first-order valence-electron chi connectivity index (χ1n) is 2.59. The number of nitrogens with zero attached hydrogens (tertiary/aromatic N) is 2. The van der Waals surface area contributed by atoms with Crippen LogP contribution in [0.4, 0.5) is 13.2 Å². The molecule has 0 aliphatic carbocycles. The predicted octanol–water partition coefficient (Wildman–Crippen LogP) is 0.807. The van der Waals surface area contributed by atoms with Crippen LogP contribution in [-0.2, 0) is 0 Å². The Morgan fingerprint density at radius 3 is 2.60 bits per heavy atom. The summed E-state index contributed by atoms with van der Waals surface area (Å²) in [5, 5.41) is 0. The Bertz CT molecular complexity index is 137. The first-order valence-corrected chi connectivity index (χ1v) is 2.59. The van der Waals surface area contributed by atoms with E-state index in [1.54, 1.807) is 0 Å². The van der Waals surface area contributed by atoms with Gasteiger partial charge < -0.3 is 0 Å². The van der Waals surface area contributed by atoms with Crippen LogP contribution in [0.2, 0.25) is 0 Å². The van der Waals surface area contributed by atoms with Crippen LogP contribution in [0, 0.1) is 6.54 Å². The van der Waals surface area contributed by atoms with E-state index >= 15 is 0 Å². The smallest absolute Gasteiger partial charge is 0.284 e. The predicted molar refractivity (Wildman–Crippen MR) is 28.3 cm³/mol. The maximum atomic E-state index is 11.7. The monoisotopic (exact) mass is 149 g/mol. The van der Waals surface area contributed by atoms with Crippen LogP contribution in [-0.4, -0.2) is 30.5 Å². The molecular formula is C5H4F3N2. The molecular weight excluding hydrogens is 145 g/mol. The summed E-state index contributed by atoms with van der Waals surface area (Å²) in [6.45, 7) is -1.46. The quantitative estimate of drug-likeness (QED) is 0.530. The second-order valence-corrected chi connectivity index (χ2v) is 1.68. The van der Waals surface area contributed by atoms with Gasteiger partial charge in [0.25, 0.3) is 0 Å². The second-order valence-electron chi connectivity index (χ2n) is 1.68. The molecule has 1 aliphatic rings. The van der Waals surface area contributed by atoms with E-state index in [1.807, 2.05) is 6.34 Å². The summed E-state index contributed by atoms with van der Waals surface area (Å²) in [5.74, 6) is 0. The Hall–Kier alpha value is -0.740. The van der Waals surface area contributed by atoms with Gasteiger partial charge in [0.1, 0.15) is 19.3 Å². The fourth-order valence-electron chi connectivity index (χ4n) is 0.519. The average molecular weight is 149 g/mol. The van der Waals surface area contributed by atoms with Gasteiger partial charge in [-0.05, 0) is 0 Å². The van der Waals surface area contributed by atoms with E-state index in [0.29, 0.717) is 4.90 Å². The maximum absolute atomic E-state index is 11.7. The molecule has 0 aromatic rings. The molecule has 2 nitrogen and oxygen atoms in total. The fraction of sp³-hybridized carbons (Fsp3) is 0.600. The molecule has 1 aliphatic heterocycles. The molecule has 1 unspecified atom stereocenters. The lowest BCUT2D eigenvalue weighted by Gasteiger charge is -2.09. The van der Waals surface area contributed by atoms with Crippen LogP contribution in [0.15, 0.2) is 4.99 Å². The molecule has 0 fully saturated rings. The lowest BCUT2D eigenvalue weighted by atomic mass is 10.3. The Kier molecular flexibility index (Phi) is 2.13. The van der Waals surface area contributed by atoms with Crippen LogP contribution < -0.4 is 0 Å². The Morgan fingerprint density at radius 1 is 1.60 bits per heavy atom. The van der Waals surface area contributed by atoms with E-state index in [0.717, 1.165) is 0 Å². The van der Waals surface area contributed by atoms with Crippen LogP contribution in [0.1, 0.15) is 0 Å². The van der Waals surface area contributed by atoms with Gasteiger partial charge in [0.15, 0.2) is 6.34 Å². The molecule has 0 saturated heterocycles. The zero-order chi connectivity index (χ0) is 7.56. The van der Waals surface area contributed by atoms with Crippen molar-refractivity contribution < 1.29 is 13.2 Å². The van der Waals surface area contributed by atoms with E-state index in [2.05, 4.69) is 11.5 Å². The highest BCUT2D eigenvalue weighted by Crippen LogP contribution is 2.13. The molecule has 0 saturated carbocycles. The third kappa shape index (κ3) is 1.40. The van der Waals surface area contributed by atoms with E-state index in [-0.39, 0.29) is 0 Å². The summed E-state index contributed by atoms with van der Waals surface area (Å²) in [7, 11) is 0. The van der Waals surface area contributed by atoms with Gasteiger partial charge in [-0.1, -0.05) is 0 Å². The minimum absolute atomic E-state index is 0.338. The third-order valence-electron chi connectivity index (χ3n) is 0.951. The molecule has 1 atom stereocenters. The van der Waals surface area contributed by atoms with Crippen molar-refractivity contribution in [3.8, 4) is 0 Å². The van der Waals surface area contributed by atoms with Gasteiger partial charge in [-0.25, -0.2) is 4.39 Å². The number of hydrogen-bond acceptors (Lipinski definition) is 2. The third-order valence-corrected chi connectivity index (χ3v) is 0.951. The van der Waals surface area contributed by atoms with Crippen molar-refractivity contribution in [3.63, 3.8) is 0 Å². The highest BCUT2D eigenvalue weighted by atomic mass is 19.3. The van der Waals surface area contributed by atoms with Crippen LogP contribution in [0.5, 0.6) is 0 Å². The average Bonchev–Trinajstić information content (AvgIpc) is 2.34. The van der Waals surface area contributed by atoms with Crippen molar-refractivity contribution in [2.45, 2.75) is 12.6 Å². The van der Waals surface area contributed by atoms with Gasteiger partial charge in [-0.2, -0.15) is 8.78 Å². The second kappa shape index (κ2) is 2.90. The Balaban J connectivity index is 2.37. The Labute approximate surface area is 56.3 Å². The molecule has 0 bridgehead atoms. The summed E-state index contributed by atoms with van der Waals surface area (Å²) in [5.41, 5.74) is 0. The normalized spacial score (nSPS) is 24.8. The van der Waals surface area contributed by atoms with Gasteiger partial charge in [0, 0.05) is 0 Å². The van der Waals surface area contributed by atoms with Crippen molar-refractivity contribution >= 4 is 6.34 Å². The highest BCUT2D eigenvalue weighted by molar-refractivity contribution is 5.59. The van der Waals surface area contributed by atoms with Crippen LogP contribution in [0.3, 0.4) is 0 Å². The van der Waals surface area contributed by atoms with Crippen molar-refractivity contribution in [1.29, 1.82) is 0 Å². The summed E-state index contributed by atoms with van der Waals surface area (Å²) in [6, 6.07) is -0.894. The van der Waals surface area contributed by atoms with Gasteiger partial charge in [0.2, 0.25) is 0 Å². The lowest BCUT2D eigenvalue weighted by Crippen LogP contribution is -2.23. The molecule has 0 aromatic heterocycles. The minimum atomic E-state index is -2.72. The number of aliphatic imine (C=N–C) groups is 1. The van der Waals surface area contributed by atoms with E-state index in [4.69, 9.17) is 0 Å². The molecule has 0 aromatic carbocycles. The molecule has 55 valence electrons. The van der Waals surface area contributed by atoms with E-state index in [1.165, 1.54) is 0 Å². The van der Waals surface area contributed by atoms with Crippen LogP contribution in [0.25, 0.3) is 0 Å². The zero-order valence-corrected chi connectivity index (χ0v) is 4.89. The molecule has 0 amide bonds. The van der Waals surface area contributed by atoms with Crippen molar-refractivity contribution in [1.82, 2.24) is 4.90 Å². The number of halogens is 3. The van der Waals surface area contributed by atoms with Crippen LogP contribution >= 0.6 is 0 Å². The van der Waals surface area contributed by atoms with Gasteiger partial charge in [-0.3, -0.25) is 9.89 Å². The summed E-state index contributed by atoms with van der Waals surface area (Å²) in [4.78, 5) is 3.60. The molecule has 0 N–H and O–H groups in total. The maximum Gasteiger partial charge on any atom is 0.317 e. The summed E-state index contributed by atoms with van der Waals surface area (Å²) < 4.78 is 35.0. The molecule has 5 heteroatoms. The molecule has 1 rings (SSSR count). The van der Waals surface area contributed by atoms with Gasteiger partial charge >= 0.3 is 6.55 Å². The first-order chi connectivity index (χ1) is 4.74. The molecule has 1 heterocycles. The molecule has 0 spiro atoms. The fourth-order valence-corrected chi connectivity index (χ4v) is 0.519. The van der Waals surface area contributed by atoms with Crippen molar-refractivity contribution in [2.24, 2.45) is 4.99 Å². The van der Waals surface area contributed by atoms with Crippen molar-refractivity contribution in [2.75, 3.05) is 6.67 Å². The lowest BCUT2D eigenvalue weighted by molar-refractivity contribution is 0.0430.